The van der Waals surface area contributed by atoms with Gasteiger partial charge in [-0.3, -0.25) is 0 Å². The van der Waals surface area contributed by atoms with Gasteiger partial charge in [-0.2, -0.15) is 0 Å². The van der Waals surface area contributed by atoms with Gasteiger partial charge in [-0.15, -0.1) is 0 Å². The Morgan fingerprint density at radius 3 is 1.23 bits per heavy atom. The summed E-state index contributed by atoms with van der Waals surface area (Å²) >= 11 is -0.171. The maximum Gasteiger partial charge on any atom is 0.344 e. The Morgan fingerprint density at radius 1 is 0.727 bits per heavy atom. The predicted octanol–water partition coefficient (Wildman–Crippen LogP) is 6.15. The molecular weight excluding hydrogens is 303 g/mol. The maximum absolute atomic E-state index is 5.97. The van der Waals surface area contributed by atoms with Gasteiger partial charge in [0.05, 0.1) is 0 Å². The van der Waals surface area contributed by atoms with E-state index in [0.29, 0.717) is 0 Å². The molecule has 4 heteroatoms. The van der Waals surface area contributed by atoms with Crippen molar-refractivity contribution >= 4 is 22.7 Å². The monoisotopic (exact) mass is 342 g/mol. The van der Waals surface area contributed by atoms with Crippen molar-refractivity contribution in [1.82, 2.24) is 0 Å². The van der Waals surface area contributed by atoms with Crippen LogP contribution in [0, 0.1) is 0 Å². The molecule has 130 valence electrons. The van der Waals surface area contributed by atoms with Gasteiger partial charge < -0.3 is 8.85 Å². The third-order valence-corrected chi connectivity index (χ3v) is 14.4. The van der Waals surface area contributed by atoms with Crippen molar-refractivity contribution < 1.29 is 8.85 Å². The molecule has 0 atom stereocenters. The summed E-state index contributed by atoms with van der Waals surface area (Å²) in [6.07, 6.45) is 11.0. The van der Waals surface area contributed by atoms with Crippen LogP contribution in [-0.4, -0.2) is 36.9 Å². The first-order valence-corrected chi connectivity index (χ1v) is 14.2. The number of hydrogen-bond acceptors (Lipinski definition) is 2. The molecule has 2 aliphatic rings. The molecule has 2 aliphatic carbocycles. The highest BCUT2D eigenvalue weighted by Crippen LogP contribution is 2.50. The predicted molar refractivity (Wildman–Crippen MR) is 101 cm³/mol. The SMILES string of the molecule is CO[Si](OC)(C1CCCC1)C1CCCC1.C[CH2][Al]([CH2]C)[CH2]C. The normalized spacial score (nSPS) is 20.0. The summed E-state index contributed by atoms with van der Waals surface area (Å²) in [5.41, 5.74) is 1.55. The molecule has 0 aromatic rings. The van der Waals surface area contributed by atoms with E-state index in [-0.39, 0.29) is 14.1 Å². The summed E-state index contributed by atoms with van der Waals surface area (Å²) in [5, 5.41) is 4.48. The molecule has 2 nitrogen and oxygen atoms in total. The van der Waals surface area contributed by atoms with Gasteiger partial charge >= 0.3 is 8.56 Å². The summed E-state index contributed by atoms with van der Waals surface area (Å²) in [6, 6.07) is 0. The maximum atomic E-state index is 5.97. The van der Waals surface area contributed by atoms with Crippen molar-refractivity contribution in [3.8, 4) is 0 Å². The molecule has 0 heterocycles. The van der Waals surface area contributed by atoms with E-state index in [0.717, 1.165) is 11.1 Å². The highest BCUT2D eigenvalue weighted by atomic mass is 28.4. The zero-order valence-corrected chi connectivity index (χ0v) is 18.0. The van der Waals surface area contributed by atoms with E-state index in [1.165, 1.54) is 67.2 Å². The van der Waals surface area contributed by atoms with E-state index in [1.54, 1.807) is 0 Å². The van der Waals surface area contributed by atoms with Gasteiger partial charge in [0.2, 0.25) is 0 Å². The van der Waals surface area contributed by atoms with Gasteiger partial charge in [0, 0.05) is 25.3 Å². The van der Waals surface area contributed by atoms with Crippen molar-refractivity contribution in [2.45, 2.75) is 99.1 Å². The van der Waals surface area contributed by atoms with E-state index >= 15 is 0 Å². The van der Waals surface area contributed by atoms with E-state index in [4.69, 9.17) is 8.85 Å². The van der Waals surface area contributed by atoms with Crippen LogP contribution in [0.5, 0.6) is 0 Å². The van der Waals surface area contributed by atoms with Crippen LogP contribution >= 0.6 is 0 Å². The van der Waals surface area contributed by atoms with E-state index < -0.39 is 8.56 Å². The Labute approximate surface area is 145 Å². The topological polar surface area (TPSA) is 18.5 Å². The van der Waals surface area contributed by atoms with Gasteiger partial charge in [0.1, 0.15) is 0 Å². The summed E-state index contributed by atoms with van der Waals surface area (Å²) in [5.74, 6) is 0. The molecular formula is C18H39AlO2Si. The average molecular weight is 343 g/mol. The molecule has 0 N–H and O–H groups in total. The lowest BCUT2D eigenvalue weighted by atomic mass is 10.3. The zero-order valence-electron chi connectivity index (χ0n) is 15.8. The second kappa shape index (κ2) is 11.3. The molecule has 0 radical (unpaired) electrons. The summed E-state index contributed by atoms with van der Waals surface area (Å²) in [4.78, 5) is 0. The minimum atomic E-state index is -1.88. The molecule has 0 saturated heterocycles. The first-order valence-electron chi connectivity index (χ1n) is 9.78. The zero-order chi connectivity index (χ0) is 16.4. The Kier molecular flexibility index (Phi) is 10.6. The van der Waals surface area contributed by atoms with Crippen LogP contribution < -0.4 is 0 Å². The summed E-state index contributed by atoms with van der Waals surface area (Å²) in [7, 11) is 1.91. The molecule has 2 rings (SSSR count). The van der Waals surface area contributed by atoms with Crippen molar-refractivity contribution in [2.75, 3.05) is 14.2 Å². The van der Waals surface area contributed by atoms with Crippen LogP contribution in [0.3, 0.4) is 0 Å². The van der Waals surface area contributed by atoms with Crippen LogP contribution in [0.2, 0.25) is 26.9 Å². The van der Waals surface area contributed by atoms with E-state index in [2.05, 4.69) is 20.8 Å². The van der Waals surface area contributed by atoms with Gasteiger partial charge in [0.25, 0.3) is 14.1 Å². The smallest absolute Gasteiger partial charge is 0.344 e. The molecule has 0 bridgehead atoms. The number of hydrogen-bond donors (Lipinski definition) is 0. The Bertz CT molecular complexity index is 245. The van der Waals surface area contributed by atoms with E-state index in [1.807, 2.05) is 14.2 Å². The second-order valence-corrected chi connectivity index (χ2v) is 15.3. The molecule has 0 amide bonds. The molecule has 22 heavy (non-hydrogen) atoms. The van der Waals surface area contributed by atoms with Crippen LogP contribution in [0.4, 0.5) is 0 Å². The molecule has 2 fully saturated rings. The van der Waals surface area contributed by atoms with Gasteiger partial charge in [-0.25, -0.2) is 0 Å². The average Bonchev–Trinajstić information content (AvgIpc) is 3.26. The largest absolute Gasteiger partial charge is 0.397 e. The highest BCUT2D eigenvalue weighted by Gasteiger charge is 2.52. The van der Waals surface area contributed by atoms with Crippen molar-refractivity contribution in [1.29, 1.82) is 0 Å². The van der Waals surface area contributed by atoms with Crippen LogP contribution in [0.25, 0.3) is 0 Å². The van der Waals surface area contributed by atoms with Crippen LogP contribution in [0.15, 0.2) is 0 Å². The summed E-state index contributed by atoms with van der Waals surface area (Å²) < 4.78 is 11.9. The van der Waals surface area contributed by atoms with Crippen molar-refractivity contribution in [3.05, 3.63) is 0 Å². The molecule has 0 unspecified atom stereocenters. The number of rotatable bonds is 7. The molecule has 0 aromatic heterocycles. The van der Waals surface area contributed by atoms with Crippen LogP contribution in [-0.2, 0) is 8.85 Å². The fourth-order valence-corrected chi connectivity index (χ4v) is 10.9. The standard InChI is InChI=1S/C12H24O2Si.3C2H5.Al/c1-13-15(14-2,11-7-3-4-8-11)12-9-5-6-10-12;3*1-2;/h11-12H,3-10H2,1-2H3;3*1H2,2H3;. The van der Waals surface area contributed by atoms with Gasteiger partial charge in [-0.05, 0) is 25.7 Å². The first-order chi connectivity index (χ1) is 10.7. The lowest BCUT2D eigenvalue weighted by Crippen LogP contribution is -2.48. The van der Waals surface area contributed by atoms with Gasteiger partial charge in [0.15, 0.2) is 0 Å². The fourth-order valence-electron chi connectivity index (χ4n) is 4.61. The molecule has 0 aliphatic heterocycles. The first kappa shape index (κ1) is 20.7. The minimum Gasteiger partial charge on any atom is -0.397 e. The summed E-state index contributed by atoms with van der Waals surface area (Å²) in [6.45, 7) is 6.97. The van der Waals surface area contributed by atoms with Crippen molar-refractivity contribution in [2.24, 2.45) is 0 Å². The van der Waals surface area contributed by atoms with Gasteiger partial charge in [-0.1, -0.05) is 62.3 Å². The van der Waals surface area contributed by atoms with Crippen molar-refractivity contribution in [3.63, 3.8) is 0 Å². The minimum absolute atomic E-state index is 0.171. The third-order valence-electron chi connectivity index (χ3n) is 6.22. The third kappa shape index (κ3) is 5.35. The molecule has 0 aromatic carbocycles. The lowest BCUT2D eigenvalue weighted by Gasteiger charge is -2.37. The van der Waals surface area contributed by atoms with Crippen LogP contribution in [0.1, 0.15) is 72.1 Å². The highest BCUT2D eigenvalue weighted by molar-refractivity contribution is 6.70. The lowest BCUT2D eigenvalue weighted by molar-refractivity contribution is 0.214. The Morgan fingerprint density at radius 2 is 1.05 bits per heavy atom. The molecule has 2 saturated carbocycles. The fraction of sp³-hybridized carbons (Fsp3) is 1.00. The Balaban J connectivity index is 0.000000295. The second-order valence-electron chi connectivity index (χ2n) is 7.18. The molecule has 0 spiro atoms. The Hall–Kier alpha value is 0.669. The quantitative estimate of drug-likeness (QED) is 0.516. The van der Waals surface area contributed by atoms with E-state index in [9.17, 15) is 0 Å².